The zero-order valence-corrected chi connectivity index (χ0v) is 18.2. The summed E-state index contributed by atoms with van der Waals surface area (Å²) < 4.78 is 10.9. The number of carbonyl (C=O) groups is 1. The molecule has 1 amide bonds. The van der Waals surface area contributed by atoms with Crippen molar-refractivity contribution in [2.24, 2.45) is 0 Å². The summed E-state index contributed by atoms with van der Waals surface area (Å²) in [6.07, 6.45) is 2.25. The van der Waals surface area contributed by atoms with Crippen LogP contribution in [-0.4, -0.2) is 77.7 Å². The van der Waals surface area contributed by atoms with Gasteiger partial charge in [0.2, 0.25) is 6.79 Å². The number of nitrogens with zero attached hydrogens (tertiary/aromatic N) is 4. The first-order valence-electron chi connectivity index (χ1n) is 10.7. The second kappa shape index (κ2) is 8.53. The number of amides is 1. The lowest BCUT2D eigenvalue weighted by Gasteiger charge is -2.43. The molecule has 1 atom stereocenters. The maximum absolute atomic E-state index is 12.9. The lowest BCUT2D eigenvalue weighted by molar-refractivity contribution is 0.0410. The van der Waals surface area contributed by atoms with E-state index in [1.54, 1.807) is 5.51 Å². The van der Waals surface area contributed by atoms with Crippen LogP contribution in [-0.2, 0) is 6.54 Å². The number of hydrogen-bond acceptors (Lipinski definition) is 7. The quantitative estimate of drug-likeness (QED) is 0.746. The van der Waals surface area contributed by atoms with Gasteiger partial charge in [0.25, 0.3) is 5.91 Å². The molecule has 30 heavy (non-hydrogen) atoms. The topological polar surface area (TPSA) is 58.1 Å². The van der Waals surface area contributed by atoms with Crippen molar-refractivity contribution < 1.29 is 14.3 Å². The smallest absolute Gasteiger partial charge is 0.265 e. The summed E-state index contributed by atoms with van der Waals surface area (Å²) >= 11 is 1.46. The van der Waals surface area contributed by atoms with E-state index in [1.165, 1.54) is 23.3 Å². The van der Waals surface area contributed by atoms with Gasteiger partial charge in [-0.25, -0.2) is 4.98 Å². The molecule has 0 bridgehead atoms. The first-order chi connectivity index (χ1) is 14.7. The second-order valence-electron chi connectivity index (χ2n) is 8.31. The highest BCUT2D eigenvalue weighted by Gasteiger charge is 2.31. The molecule has 2 saturated heterocycles. The van der Waals surface area contributed by atoms with Gasteiger partial charge in [-0.2, -0.15) is 0 Å². The summed E-state index contributed by atoms with van der Waals surface area (Å²) in [5.74, 6) is 1.85. The number of benzene rings is 1. The van der Waals surface area contributed by atoms with Crippen LogP contribution in [0.4, 0.5) is 0 Å². The minimum Gasteiger partial charge on any atom is -0.454 e. The lowest BCUT2D eigenvalue weighted by Crippen LogP contribution is -2.55. The number of likely N-dealkylation sites (tertiary alicyclic amines) is 1. The van der Waals surface area contributed by atoms with E-state index >= 15 is 0 Å². The SMILES string of the molecule is Cc1ncsc1C(=O)N1CCC[C@H](N2CCN(Cc3ccc4c(c3)OCO4)CC2)C1. The third-order valence-electron chi connectivity index (χ3n) is 6.39. The van der Waals surface area contributed by atoms with Crippen molar-refractivity contribution in [3.63, 3.8) is 0 Å². The van der Waals surface area contributed by atoms with E-state index in [0.717, 1.165) is 74.3 Å². The molecule has 2 aromatic rings. The summed E-state index contributed by atoms with van der Waals surface area (Å²) in [5, 5.41) is 0. The molecule has 0 radical (unpaired) electrons. The molecule has 0 aliphatic carbocycles. The maximum atomic E-state index is 12.9. The Morgan fingerprint density at radius 2 is 2.00 bits per heavy atom. The van der Waals surface area contributed by atoms with E-state index < -0.39 is 0 Å². The molecule has 3 aliphatic rings. The monoisotopic (exact) mass is 428 g/mol. The molecule has 160 valence electrons. The van der Waals surface area contributed by atoms with Crippen LogP contribution in [0.5, 0.6) is 11.5 Å². The molecule has 4 heterocycles. The maximum Gasteiger partial charge on any atom is 0.265 e. The zero-order valence-electron chi connectivity index (χ0n) is 17.4. The van der Waals surface area contributed by atoms with E-state index in [0.29, 0.717) is 12.8 Å². The third-order valence-corrected chi connectivity index (χ3v) is 7.31. The van der Waals surface area contributed by atoms with Gasteiger partial charge in [-0.05, 0) is 37.5 Å². The number of carbonyl (C=O) groups excluding carboxylic acids is 1. The van der Waals surface area contributed by atoms with Gasteiger partial charge in [-0.1, -0.05) is 6.07 Å². The van der Waals surface area contributed by atoms with E-state index in [1.807, 2.05) is 17.9 Å². The van der Waals surface area contributed by atoms with E-state index in [2.05, 4.69) is 26.9 Å². The number of piperazine rings is 1. The molecule has 1 aromatic carbocycles. The highest BCUT2D eigenvalue weighted by molar-refractivity contribution is 7.11. The predicted octanol–water partition coefficient (Wildman–Crippen LogP) is 2.60. The number of aromatic nitrogens is 1. The number of ether oxygens (including phenoxy) is 2. The highest BCUT2D eigenvalue weighted by Crippen LogP contribution is 2.33. The highest BCUT2D eigenvalue weighted by atomic mass is 32.1. The average molecular weight is 429 g/mol. The summed E-state index contributed by atoms with van der Waals surface area (Å²) in [4.78, 5) is 25.0. The Morgan fingerprint density at radius 3 is 2.80 bits per heavy atom. The normalized spacial score (nSPS) is 22.4. The molecule has 2 fully saturated rings. The summed E-state index contributed by atoms with van der Waals surface area (Å²) in [6.45, 7) is 9.07. The number of piperidine rings is 1. The van der Waals surface area contributed by atoms with E-state index in [9.17, 15) is 4.79 Å². The molecule has 0 saturated carbocycles. The lowest BCUT2D eigenvalue weighted by atomic mass is 10.0. The van der Waals surface area contributed by atoms with Crippen LogP contribution in [0.15, 0.2) is 23.7 Å². The number of thiazole rings is 1. The number of hydrogen-bond donors (Lipinski definition) is 0. The molecule has 0 unspecified atom stereocenters. The van der Waals surface area contributed by atoms with Gasteiger partial charge in [-0.3, -0.25) is 14.6 Å². The zero-order chi connectivity index (χ0) is 20.5. The Balaban J connectivity index is 1.14. The molecule has 0 spiro atoms. The summed E-state index contributed by atoms with van der Waals surface area (Å²) in [6, 6.07) is 6.70. The predicted molar refractivity (Wildman–Crippen MR) is 115 cm³/mol. The molecule has 3 aliphatic heterocycles. The van der Waals surface area contributed by atoms with Crippen LogP contribution in [0.2, 0.25) is 0 Å². The van der Waals surface area contributed by atoms with Crippen molar-refractivity contribution in [3.05, 3.63) is 39.8 Å². The Labute approximate surface area is 181 Å². The van der Waals surface area contributed by atoms with Gasteiger partial charge in [0.05, 0.1) is 11.2 Å². The van der Waals surface area contributed by atoms with Gasteiger partial charge >= 0.3 is 0 Å². The molecule has 8 heteroatoms. The fourth-order valence-corrected chi connectivity index (χ4v) is 5.44. The van der Waals surface area contributed by atoms with Gasteiger partial charge < -0.3 is 14.4 Å². The van der Waals surface area contributed by atoms with Gasteiger partial charge in [0.15, 0.2) is 11.5 Å². The Bertz CT molecular complexity index is 910. The van der Waals surface area contributed by atoms with Crippen LogP contribution in [0.1, 0.15) is 33.8 Å². The molecule has 7 nitrogen and oxygen atoms in total. The first kappa shape index (κ1) is 19.8. The second-order valence-corrected chi connectivity index (χ2v) is 9.17. The van der Waals surface area contributed by atoms with Crippen LogP contribution in [0.25, 0.3) is 0 Å². The van der Waals surface area contributed by atoms with Crippen LogP contribution >= 0.6 is 11.3 Å². The van der Waals surface area contributed by atoms with Crippen molar-refractivity contribution in [2.75, 3.05) is 46.1 Å². The fraction of sp³-hybridized carbons (Fsp3) is 0.545. The van der Waals surface area contributed by atoms with Gasteiger partial charge in [0, 0.05) is 51.9 Å². The number of aryl methyl sites for hydroxylation is 1. The Kier molecular flexibility index (Phi) is 5.62. The van der Waals surface area contributed by atoms with Crippen molar-refractivity contribution >= 4 is 17.2 Å². The molecule has 1 aromatic heterocycles. The molecular weight excluding hydrogens is 400 g/mol. The van der Waals surface area contributed by atoms with E-state index in [-0.39, 0.29) is 5.91 Å². The van der Waals surface area contributed by atoms with E-state index in [4.69, 9.17) is 9.47 Å². The van der Waals surface area contributed by atoms with Crippen LogP contribution in [0.3, 0.4) is 0 Å². The summed E-state index contributed by atoms with van der Waals surface area (Å²) in [7, 11) is 0. The van der Waals surface area contributed by atoms with Gasteiger partial charge in [-0.15, -0.1) is 11.3 Å². The van der Waals surface area contributed by atoms with Crippen LogP contribution < -0.4 is 9.47 Å². The third kappa shape index (κ3) is 4.04. The first-order valence-corrected chi connectivity index (χ1v) is 11.6. The number of fused-ring (bicyclic) bond motifs is 1. The van der Waals surface area contributed by atoms with Crippen LogP contribution in [0, 0.1) is 6.92 Å². The Morgan fingerprint density at radius 1 is 1.17 bits per heavy atom. The van der Waals surface area contributed by atoms with Crippen molar-refractivity contribution in [1.29, 1.82) is 0 Å². The number of rotatable bonds is 4. The standard InChI is InChI=1S/C22H28N4O3S/c1-16-21(30-14-23-16)22(27)26-6-2-3-18(13-26)25-9-7-24(8-10-25)12-17-4-5-19-20(11-17)29-15-28-19/h4-5,11,14,18H,2-3,6-10,12-13,15H2,1H3/t18-/m0/s1. The average Bonchev–Trinajstić information content (AvgIpc) is 3.42. The molecule has 0 N–H and O–H groups in total. The largest absolute Gasteiger partial charge is 0.454 e. The van der Waals surface area contributed by atoms with Crippen molar-refractivity contribution in [2.45, 2.75) is 32.4 Å². The Hall–Kier alpha value is -2.16. The van der Waals surface area contributed by atoms with Crippen molar-refractivity contribution in [1.82, 2.24) is 19.7 Å². The van der Waals surface area contributed by atoms with Crippen molar-refractivity contribution in [3.8, 4) is 11.5 Å². The molecular formula is C22H28N4O3S. The van der Waals surface area contributed by atoms with Gasteiger partial charge in [0.1, 0.15) is 4.88 Å². The minimum absolute atomic E-state index is 0.154. The summed E-state index contributed by atoms with van der Waals surface area (Å²) in [5.41, 5.74) is 3.88. The minimum atomic E-state index is 0.154. The molecule has 5 rings (SSSR count). The fourth-order valence-electron chi connectivity index (χ4n) is 4.67.